The highest BCUT2D eigenvalue weighted by Gasteiger charge is 2.32. The van der Waals surface area contributed by atoms with E-state index in [-0.39, 0.29) is 23.4 Å². The molecule has 0 radical (unpaired) electrons. The van der Waals surface area contributed by atoms with E-state index in [1.807, 2.05) is 6.92 Å². The topological polar surface area (TPSA) is 86.8 Å². The minimum atomic E-state index is -3.90. The first-order valence-electron chi connectivity index (χ1n) is 11.6. The molecule has 0 bridgehead atoms. The predicted molar refractivity (Wildman–Crippen MR) is 138 cm³/mol. The number of aryl methyl sites for hydroxylation is 1. The molecule has 0 spiro atoms. The minimum absolute atomic E-state index is 0.0327. The molecule has 10 heteroatoms. The summed E-state index contributed by atoms with van der Waals surface area (Å²) >= 11 is 12.7. The maximum Gasteiger partial charge on any atom is 0.243 e. The molecule has 1 atom stereocenters. The van der Waals surface area contributed by atoms with E-state index in [2.05, 4.69) is 5.32 Å². The van der Waals surface area contributed by atoms with Gasteiger partial charge in [-0.1, -0.05) is 59.8 Å². The quantitative estimate of drug-likeness (QED) is 0.511. The Morgan fingerprint density at radius 1 is 1.06 bits per heavy atom. The number of hydrogen-bond acceptors (Lipinski definition) is 4. The molecule has 1 unspecified atom stereocenters. The van der Waals surface area contributed by atoms with Crippen LogP contribution in [0.1, 0.15) is 43.7 Å². The van der Waals surface area contributed by atoms with Crippen molar-refractivity contribution in [3.05, 3.63) is 63.6 Å². The molecule has 2 aromatic rings. The van der Waals surface area contributed by atoms with Gasteiger partial charge < -0.3 is 10.2 Å². The fourth-order valence-electron chi connectivity index (χ4n) is 4.08. The molecule has 2 aromatic carbocycles. The van der Waals surface area contributed by atoms with Crippen molar-refractivity contribution in [2.45, 2.75) is 63.1 Å². The van der Waals surface area contributed by atoms with Crippen LogP contribution in [0.5, 0.6) is 0 Å². The van der Waals surface area contributed by atoms with Crippen LogP contribution >= 0.6 is 23.2 Å². The highest BCUT2D eigenvalue weighted by Crippen LogP contribution is 2.27. The number of likely N-dealkylation sites (N-methyl/N-ethyl adjacent to an activating group) is 1. The summed E-state index contributed by atoms with van der Waals surface area (Å²) in [4.78, 5) is 27.9. The Morgan fingerprint density at radius 3 is 2.20 bits per heavy atom. The summed E-state index contributed by atoms with van der Waals surface area (Å²) in [6, 6.07) is 10.6. The SMILES string of the molecule is Cc1ccc(S(=O)(=O)N(C)CC(=O)N(Cc2c(Cl)cccc2Cl)C(C)C(=O)NC2CCCC2)cc1. The second kappa shape index (κ2) is 11.7. The van der Waals surface area contributed by atoms with Gasteiger partial charge in [0, 0.05) is 35.2 Å². The van der Waals surface area contributed by atoms with Crippen LogP contribution in [-0.4, -0.2) is 55.1 Å². The molecular formula is C25H31Cl2N3O4S. The Hall–Kier alpha value is -2.13. The lowest BCUT2D eigenvalue weighted by Crippen LogP contribution is -2.52. The van der Waals surface area contributed by atoms with Crippen LogP contribution in [0.2, 0.25) is 10.0 Å². The Morgan fingerprint density at radius 2 is 1.63 bits per heavy atom. The van der Waals surface area contributed by atoms with Crippen molar-refractivity contribution >= 4 is 45.0 Å². The first-order valence-corrected chi connectivity index (χ1v) is 13.8. The van der Waals surface area contributed by atoms with Gasteiger partial charge in [0.05, 0.1) is 11.4 Å². The van der Waals surface area contributed by atoms with Crippen molar-refractivity contribution in [2.75, 3.05) is 13.6 Å². The van der Waals surface area contributed by atoms with Gasteiger partial charge in [-0.05, 0) is 51.0 Å². The molecule has 1 aliphatic carbocycles. The van der Waals surface area contributed by atoms with Crippen molar-refractivity contribution in [3.63, 3.8) is 0 Å². The predicted octanol–water partition coefficient (Wildman–Crippen LogP) is 4.40. The molecule has 0 saturated heterocycles. The fraction of sp³-hybridized carbons (Fsp3) is 0.440. The van der Waals surface area contributed by atoms with Crippen LogP contribution in [-0.2, 0) is 26.2 Å². The van der Waals surface area contributed by atoms with E-state index in [0.717, 1.165) is 35.6 Å². The van der Waals surface area contributed by atoms with Crippen LogP contribution in [0, 0.1) is 6.92 Å². The number of hydrogen-bond donors (Lipinski definition) is 1. The van der Waals surface area contributed by atoms with Gasteiger partial charge in [0.2, 0.25) is 21.8 Å². The van der Waals surface area contributed by atoms with E-state index in [0.29, 0.717) is 15.6 Å². The zero-order valence-corrected chi connectivity index (χ0v) is 22.5. The zero-order chi connectivity index (χ0) is 25.8. The van der Waals surface area contributed by atoms with E-state index in [1.54, 1.807) is 37.3 Å². The van der Waals surface area contributed by atoms with Crippen molar-refractivity contribution in [3.8, 4) is 0 Å². The normalized spacial score (nSPS) is 15.3. The van der Waals surface area contributed by atoms with Crippen LogP contribution in [0.4, 0.5) is 0 Å². The number of rotatable bonds is 9. The van der Waals surface area contributed by atoms with Crippen LogP contribution in [0.3, 0.4) is 0 Å². The maximum atomic E-state index is 13.4. The summed E-state index contributed by atoms with van der Waals surface area (Å²) < 4.78 is 27.1. The monoisotopic (exact) mass is 539 g/mol. The van der Waals surface area contributed by atoms with E-state index in [1.165, 1.54) is 24.1 Å². The first kappa shape index (κ1) is 27.5. The molecule has 3 rings (SSSR count). The number of sulfonamides is 1. The molecule has 1 saturated carbocycles. The van der Waals surface area contributed by atoms with E-state index >= 15 is 0 Å². The van der Waals surface area contributed by atoms with E-state index in [9.17, 15) is 18.0 Å². The molecule has 1 aliphatic rings. The summed E-state index contributed by atoms with van der Waals surface area (Å²) in [6.07, 6.45) is 3.91. The number of carbonyl (C=O) groups excluding carboxylic acids is 2. The second-order valence-corrected chi connectivity index (χ2v) is 11.8. The van der Waals surface area contributed by atoms with Crippen LogP contribution < -0.4 is 5.32 Å². The van der Waals surface area contributed by atoms with Crippen molar-refractivity contribution in [1.29, 1.82) is 0 Å². The third kappa shape index (κ3) is 6.76. The Kier molecular flexibility index (Phi) is 9.21. The molecule has 190 valence electrons. The largest absolute Gasteiger partial charge is 0.352 e. The molecular weight excluding hydrogens is 509 g/mol. The Bertz CT molecular complexity index is 1150. The number of nitrogens with one attached hydrogen (secondary N) is 1. The van der Waals surface area contributed by atoms with Crippen LogP contribution in [0.15, 0.2) is 47.4 Å². The van der Waals surface area contributed by atoms with Crippen LogP contribution in [0.25, 0.3) is 0 Å². The van der Waals surface area contributed by atoms with Crippen molar-refractivity contribution in [1.82, 2.24) is 14.5 Å². The van der Waals surface area contributed by atoms with Gasteiger partial charge in [-0.2, -0.15) is 4.31 Å². The lowest BCUT2D eigenvalue weighted by Gasteiger charge is -2.31. The molecule has 2 amide bonds. The Labute approximate surface area is 217 Å². The van der Waals surface area contributed by atoms with Gasteiger partial charge in [-0.25, -0.2) is 8.42 Å². The lowest BCUT2D eigenvalue weighted by molar-refractivity contribution is -0.140. The number of halogens is 2. The minimum Gasteiger partial charge on any atom is -0.352 e. The second-order valence-electron chi connectivity index (χ2n) is 8.96. The highest BCUT2D eigenvalue weighted by molar-refractivity contribution is 7.89. The average molecular weight is 541 g/mol. The molecule has 1 N–H and O–H groups in total. The Balaban J connectivity index is 1.84. The van der Waals surface area contributed by atoms with Gasteiger partial charge in [0.15, 0.2) is 0 Å². The number of nitrogens with zero attached hydrogens (tertiary/aromatic N) is 2. The smallest absolute Gasteiger partial charge is 0.243 e. The number of benzene rings is 2. The third-order valence-corrected chi connectivity index (χ3v) is 8.87. The number of amides is 2. The van der Waals surface area contributed by atoms with Gasteiger partial charge in [-0.3, -0.25) is 9.59 Å². The molecule has 0 aliphatic heterocycles. The van der Waals surface area contributed by atoms with E-state index in [4.69, 9.17) is 23.2 Å². The molecule has 35 heavy (non-hydrogen) atoms. The van der Waals surface area contributed by atoms with Gasteiger partial charge >= 0.3 is 0 Å². The lowest BCUT2D eigenvalue weighted by atomic mass is 10.1. The molecule has 0 heterocycles. The summed E-state index contributed by atoms with van der Waals surface area (Å²) in [5, 5.41) is 3.73. The molecule has 1 fully saturated rings. The standard InChI is InChI=1S/C25H31Cl2N3O4S/c1-17-11-13-20(14-12-17)35(33,34)29(3)16-24(31)30(15-21-22(26)9-6-10-23(21)27)18(2)25(32)28-19-7-4-5-8-19/h6,9-14,18-19H,4-5,7-8,15-16H2,1-3H3,(H,28,32). The van der Waals surface area contributed by atoms with Crippen molar-refractivity contribution in [2.24, 2.45) is 0 Å². The average Bonchev–Trinajstić information content (AvgIpc) is 3.31. The number of carbonyl (C=O) groups is 2. The molecule has 0 aromatic heterocycles. The molecule has 7 nitrogen and oxygen atoms in total. The van der Waals surface area contributed by atoms with Gasteiger partial charge in [0.25, 0.3) is 0 Å². The fourth-order valence-corrected chi connectivity index (χ4v) is 5.72. The highest BCUT2D eigenvalue weighted by atomic mass is 35.5. The zero-order valence-electron chi connectivity index (χ0n) is 20.1. The third-order valence-electron chi connectivity index (χ3n) is 6.35. The summed E-state index contributed by atoms with van der Waals surface area (Å²) in [6.45, 7) is 3.01. The maximum absolute atomic E-state index is 13.4. The first-order chi connectivity index (χ1) is 16.5. The van der Waals surface area contributed by atoms with Gasteiger partial charge in [0.1, 0.15) is 6.04 Å². The van der Waals surface area contributed by atoms with Crippen molar-refractivity contribution < 1.29 is 18.0 Å². The van der Waals surface area contributed by atoms with Gasteiger partial charge in [-0.15, -0.1) is 0 Å². The summed E-state index contributed by atoms with van der Waals surface area (Å²) in [7, 11) is -2.56. The summed E-state index contributed by atoms with van der Waals surface area (Å²) in [5.41, 5.74) is 1.42. The summed E-state index contributed by atoms with van der Waals surface area (Å²) in [5.74, 6) is -0.828. The van der Waals surface area contributed by atoms with E-state index < -0.39 is 28.5 Å².